The Morgan fingerprint density at radius 2 is 0.517 bits per heavy atom. The Hall–Kier alpha value is -16.1. The molecule has 1 saturated heterocycles. The molecule has 17 aromatic carbocycles. The SMILES string of the molecule is Brc1ccc(Br)c2sc(-c3ccc(-c4nc5ccccc5n4-c4ccccc4)cc3)nc12.CC1(C)OB(c2ccc(-c3ccc(-c4ccccc4)nc3-c3ccccc3)cc2)OC1(C)C.c1ccc(-c2ccc(-c3ccc(-c4ccc(-c5ccc(-c6ccc(-c7ccccc7)nc6-c6ccccc6)cc5)c5sc(-c6ccc(-c7nc8ccccc8n7-c7ccccc7)cc6)nc45)cc3)c(-c3ccccc3)n2)cc1. The van der Waals surface area contributed by atoms with E-state index in [4.69, 9.17) is 44.2 Å². The highest BCUT2D eigenvalue weighted by Gasteiger charge is 2.52. The molecule has 0 bridgehead atoms. The van der Waals surface area contributed by atoms with Gasteiger partial charge in [-0.2, -0.15) is 0 Å². The van der Waals surface area contributed by atoms with E-state index < -0.39 is 0 Å². The fraction of sp³-hybridized carbons (Fsp3) is 0.0472. The number of nitrogens with zero attached hydrogens (tertiary/aromatic N) is 9. The molecule has 11 nitrogen and oxygen atoms in total. The number of hydrogen-bond donors (Lipinski definition) is 0. The number of fused-ring (bicyclic) bond motifs is 4. The second kappa shape index (κ2) is 39.5. The lowest BCUT2D eigenvalue weighted by Gasteiger charge is -2.32. The summed E-state index contributed by atoms with van der Waals surface area (Å²) < 4.78 is 21.2. The Balaban J connectivity index is 0.000000142. The van der Waals surface area contributed by atoms with Gasteiger partial charge in [-0.1, -0.05) is 394 Å². The molecule has 0 amide bonds. The highest BCUT2D eigenvalue weighted by molar-refractivity contribution is 9.11. The minimum Gasteiger partial charge on any atom is -0.399 e. The van der Waals surface area contributed by atoms with Crippen molar-refractivity contribution >= 4 is 110 Å². The van der Waals surface area contributed by atoms with Crippen LogP contribution in [0.5, 0.6) is 0 Å². The number of imidazole rings is 2. The molecule has 25 rings (SSSR count). The van der Waals surface area contributed by atoms with Gasteiger partial charge in [0, 0.05) is 104 Å². The van der Waals surface area contributed by atoms with Crippen LogP contribution < -0.4 is 5.46 Å². The van der Waals surface area contributed by atoms with Gasteiger partial charge in [0.25, 0.3) is 0 Å². The number of rotatable bonds is 18. The maximum Gasteiger partial charge on any atom is 0.494 e. The lowest BCUT2D eigenvalue weighted by molar-refractivity contribution is 0.00578. The quantitative estimate of drug-likeness (QED) is 0.0774. The number of para-hydroxylation sites is 6. The first-order valence-electron chi connectivity index (χ1n) is 47.7. The first kappa shape index (κ1) is 90.7. The minimum atomic E-state index is -0.365. The Morgan fingerprint density at radius 3 is 0.895 bits per heavy atom. The van der Waals surface area contributed by atoms with E-state index in [-0.39, 0.29) is 18.3 Å². The van der Waals surface area contributed by atoms with Gasteiger partial charge in [0.15, 0.2) is 0 Å². The van der Waals surface area contributed by atoms with Gasteiger partial charge in [-0.05, 0) is 172 Å². The van der Waals surface area contributed by atoms with Crippen LogP contribution in [0, 0.1) is 0 Å². The summed E-state index contributed by atoms with van der Waals surface area (Å²) in [6.45, 7) is 8.31. The third-order valence-electron chi connectivity index (χ3n) is 26.7. The highest BCUT2D eigenvalue weighted by Crippen LogP contribution is 2.47. The van der Waals surface area contributed by atoms with Gasteiger partial charge in [-0.25, -0.2) is 34.9 Å². The molecule has 1 fully saturated rings. The molecule has 0 radical (unpaired) electrons. The maximum atomic E-state index is 6.22. The van der Waals surface area contributed by atoms with E-state index in [0.717, 1.165) is 235 Å². The number of benzene rings is 17. The smallest absolute Gasteiger partial charge is 0.399 e. The average Bonchev–Trinajstić information content (AvgIpc) is 1.68. The van der Waals surface area contributed by atoms with Crippen LogP contribution in [-0.4, -0.2) is 62.3 Å². The van der Waals surface area contributed by atoms with Crippen LogP contribution in [0.25, 0.3) is 221 Å². The molecule has 0 saturated carbocycles. The van der Waals surface area contributed by atoms with Crippen molar-refractivity contribution in [3.8, 4) is 178 Å². The molecule has 8 heterocycles. The molecular formula is C127H90BBr2N9O2S2. The number of halogens is 2. The highest BCUT2D eigenvalue weighted by atomic mass is 79.9. The van der Waals surface area contributed by atoms with Crippen molar-refractivity contribution < 1.29 is 9.31 Å². The second-order valence-corrected chi connectivity index (χ2v) is 40.0. The van der Waals surface area contributed by atoms with Crippen molar-refractivity contribution in [2.45, 2.75) is 38.9 Å². The van der Waals surface area contributed by atoms with Crippen molar-refractivity contribution in [3.05, 3.63) is 482 Å². The first-order valence-corrected chi connectivity index (χ1v) is 50.9. The van der Waals surface area contributed by atoms with Gasteiger partial charge in [0.2, 0.25) is 0 Å². The van der Waals surface area contributed by atoms with E-state index in [9.17, 15) is 0 Å². The number of aromatic nitrogens is 9. The molecule has 0 aliphatic carbocycles. The van der Waals surface area contributed by atoms with E-state index in [1.54, 1.807) is 22.7 Å². The van der Waals surface area contributed by atoms with Crippen LogP contribution >= 0.6 is 54.5 Å². The zero-order valence-corrected chi connectivity index (χ0v) is 83.3. The van der Waals surface area contributed by atoms with E-state index in [1.807, 2.05) is 72.8 Å². The predicted molar refractivity (Wildman–Crippen MR) is 601 cm³/mol. The van der Waals surface area contributed by atoms with Gasteiger partial charge in [-0.15, -0.1) is 22.7 Å². The largest absolute Gasteiger partial charge is 0.494 e. The Bertz CT molecular complexity index is 8470. The van der Waals surface area contributed by atoms with E-state index >= 15 is 0 Å². The van der Waals surface area contributed by atoms with Gasteiger partial charge in [0.05, 0.1) is 87.9 Å². The second-order valence-electron chi connectivity index (χ2n) is 36.3. The molecule has 1 aliphatic rings. The van der Waals surface area contributed by atoms with Crippen LogP contribution in [0.15, 0.2) is 482 Å². The van der Waals surface area contributed by atoms with Crippen LogP contribution in [-0.2, 0) is 9.31 Å². The Morgan fingerprint density at radius 1 is 0.231 bits per heavy atom. The van der Waals surface area contributed by atoms with Crippen LogP contribution in [0.4, 0.5) is 0 Å². The van der Waals surface area contributed by atoms with Crippen LogP contribution in [0.3, 0.4) is 0 Å². The molecule has 16 heteroatoms. The molecule has 143 heavy (non-hydrogen) atoms. The monoisotopic (exact) mass is 2010 g/mol. The van der Waals surface area contributed by atoms with Crippen LogP contribution in [0.1, 0.15) is 27.7 Å². The summed E-state index contributed by atoms with van der Waals surface area (Å²) in [5.74, 6) is 1.83. The third-order valence-corrected chi connectivity index (χ3v) is 30.6. The Labute approximate surface area is 855 Å². The number of pyridine rings is 3. The summed E-state index contributed by atoms with van der Waals surface area (Å²) >= 11 is 10.7. The molecule has 0 unspecified atom stereocenters. The van der Waals surface area contributed by atoms with Gasteiger partial charge in [0.1, 0.15) is 21.7 Å². The summed E-state index contributed by atoms with van der Waals surface area (Å²) in [4.78, 5) is 36.1. The number of thiazole rings is 2. The summed E-state index contributed by atoms with van der Waals surface area (Å²) in [5.41, 5.74) is 36.0. The van der Waals surface area contributed by atoms with Gasteiger partial charge in [-0.3, -0.25) is 9.13 Å². The minimum absolute atomic E-state index is 0.353. The molecule has 0 spiro atoms. The molecule has 1 aliphatic heterocycles. The van der Waals surface area contributed by atoms with Crippen molar-refractivity contribution in [1.82, 2.24) is 44.0 Å². The average molecular weight is 2010 g/mol. The van der Waals surface area contributed by atoms with Crippen molar-refractivity contribution in [2.75, 3.05) is 0 Å². The standard InChI is InChI=1S/C72H47N5S.C29H28BNO2.C26H15Br2N3S/c1-6-18-52(19-7-1)63-46-44-59(67(73-63)54-22-10-3-11-23-54)48-30-32-50(33-31-48)61-42-43-62(51-36-34-49(35-37-51)60-45-47-64(53-20-8-2-9-21-53)74-68(60)55-24-12-4-13-25-55)70-69(61)76-72(78-70)57-40-38-56(39-41-57)71-75-65-28-16-17-29-66(65)77(71)58-26-14-5-15-27-58;1-28(2)29(3,4)33-30(32-28)24-17-15-21(16-18-24)25-19-20-26(22-11-7-5-8-12-22)31-27(25)23-13-9-6-10-14-23;27-19-14-15-20(28)24-23(19)30-26(32-24)17-12-10-16(11-13-17)25-29-21-8-4-5-9-22(21)31(25)18-6-2-1-3-7-18/h1-47H;5-20H,1-4H3;1-15H. The normalized spacial score (nSPS) is 12.6. The number of hydrogen-bond acceptors (Lipinski definition) is 11. The summed E-state index contributed by atoms with van der Waals surface area (Å²) in [6.07, 6.45) is 0. The summed E-state index contributed by atoms with van der Waals surface area (Å²) in [7, 11) is -0.365. The van der Waals surface area contributed by atoms with Crippen molar-refractivity contribution in [2.24, 2.45) is 0 Å². The summed E-state index contributed by atoms with van der Waals surface area (Å²) in [5, 5.41) is 1.94. The molecule has 7 aromatic heterocycles. The van der Waals surface area contributed by atoms with Crippen molar-refractivity contribution in [3.63, 3.8) is 0 Å². The van der Waals surface area contributed by atoms with Gasteiger partial charge >= 0.3 is 7.12 Å². The lowest BCUT2D eigenvalue weighted by atomic mass is 9.78. The van der Waals surface area contributed by atoms with E-state index in [1.165, 1.54) is 0 Å². The Kier molecular flexibility index (Phi) is 25.1. The molecular weight excluding hydrogens is 1920 g/mol. The molecule has 24 aromatic rings. The van der Waals surface area contributed by atoms with Crippen LogP contribution in [0.2, 0.25) is 0 Å². The van der Waals surface area contributed by atoms with E-state index in [0.29, 0.717) is 0 Å². The first-order chi connectivity index (χ1) is 70.2. The van der Waals surface area contributed by atoms with E-state index in [2.05, 4.69) is 469 Å². The molecule has 684 valence electrons. The lowest BCUT2D eigenvalue weighted by Crippen LogP contribution is -2.41. The van der Waals surface area contributed by atoms with Gasteiger partial charge < -0.3 is 9.31 Å². The topological polar surface area (TPSA) is 119 Å². The maximum absolute atomic E-state index is 6.22. The summed E-state index contributed by atoms with van der Waals surface area (Å²) in [6, 6.07) is 165. The zero-order valence-electron chi connectivity index (χ0n) is 78.5. The molecule has 0 atom stereocenters. The predicted octanol–water partition coefficient (Wildman–Crippen LogP) is 34.0. The third kappa shape index (κ3) is 18.4. The fourth-order valence-electron chi connectivity index (χ4n) is 18.6. The zero-order chi connectivity index (χ0) is 96.5. The van der Waals surface area contributed by atoms with Crippen molar-refractivity contribution in [1.29, 1.82) is 0 Å². The fourth-order valence-corrected chi connectivity index (χ4v) is 21.8. The molecule has 0 N–H and O–H groups in total.